The zero-order chi connectivity index (χ0) is 13.7. The lowest BCUT2D eigenvalue weighted by atomic mass is 10.1. The molecule has 2 N–H and O–H groups in total. The first-order valence-corrected chi connectivity index (χ1v) is 5.88. The van der Waals surface area contributed by atoms with Crippen LogP contribution >= 0.6 is 0 Å². The Morgan fingerprint density at radius 1 is 1.11 bits per heavy atom. The third-order valence-corrected chi connectivity index (χ3v) is 2.76. The number of phenolic OH excluding ortho intramolecular Hbond substituents is 1. The summed E-state index contributed by atoms with van der Waals surface area (Å²) < 4.78 is 0. The van der Waals surface area contributed by atoms with E-state index in [0.717, 1.165) is 5.56 Å². The molecule has 5 heteroatoms. The van der Waals surface area contributed by atoms with Crippen LogP contribution in [0.15, 0.2) is 48.5 Å². The third kappa shape index (κ3) is 3.53. The van der Waals surface area contributed by atoms with Crippen molar-refractivity contribution in [2.75, 3.05) is 0 Å². The van der Waals surface area contributed by atoms with E-state index in [1.165, 1.54) is 18.2 Å². The predicted octanol–water partition coefficient (Wildman–Crippen LogP) is 2.59. The van der Waals surface area contributed by atoms with E-state index in [9.17, 15) is 15.2 Å². The van der Waals surface area contributed by atoms with Gasteiger partial charge in [0.25, 0.3) is 5.69 Å². The van der Waals surface area contributed by atoms with Gasteiger partial charge >= 0.3 is 0 Å². The van der Waals surface area contributed by atoms with Gasteiger partial charge in [-0.25, -0.2) is 0 Å². The zero-order valence-corrected chi connectivity index (χ0v) is 10.2. The van der Waals surface area contributed by atoms with Crippen molar-refractivity contribution in [1.82, 2.24) is 5.32 Å². The molecule has 0 aliphatic carbocycles. The highest BCUT2D eigenvalue weighted by Gasteiger charge is 2.09. The number of nitrogens with zero attached hydrogens (tertiary/aromatic N) is 1. The number of nitrogens with one attached hydrogen (secondary N) is 1. The van der Waals surface area contributed by atoms with Crippen molar-refractivity contribution in [2.45, 2.75) is 13.1 Å². The predicted molar refractivity (Wildman–Crippen MR) is 71.7 cm³/mol. The average Bonchev–Trinajstić information content (AvgIpc) is 2.42. The highest BCUT2D eigenvalue weighted by Crippen LogP contribution is 2.22. The van der Waals surface area contributed by atoms with Gasteiger partial charge in [0.2, 0.25) is 0 Å². The molecule has 2 aromatic carbocycles. The summed E-state index contributed by atoms with van der Waals surface area (Å²) in [7, 11) is 0. The van der Waals surface area contributed by atoms with Gasteiger partial charge in [0, 0.05) is 30.8 Å². The van der Waals surface area contributed by atoms with E-state index in [1.807, 2.05) is 30.3 Å². The van der Waals surface area contributed by atoms with Crippen molar-refractivity contribution >= 4 is 5.69 Å². The lowest BCUT2D eigenvalue weighted by Crippen LogP contribution is -2.12. The molecule has 0 unspecified atom stereocenters. The first-order valence-electron chi connectivity index (χ1n) is 5.88. The maximum Gasteiger partial charge on any atom is 0.270 e. The largest absolute Gasteiger partial charge is 0.508 e. The van der Waals surface area contributed by atoms with Gasteiger partial charge in [-0.3, -0.25) is 10.1 Å². The van der Waals surface area contributed by atoms with Gasteiger partial charge in [0.05, 0.1) is 4.92 Å². The first kappa shape index (κ1) is 13.0. The van der Waals surface area contributed by atoms with Crippen molar-refractivity contribution < 1.29 is 10.0 Å². The summed E-state index contributed by atoms with van der Waals surface area (Å²) in [5, 5.41) is 23.5. The number of nitro groups is 1. The summed E-state index contributed by atoms with van der Waals surface area (Å²) in [6.45, 7) is 1.02. The lowest BCUT2D eigenvalue weighted by Gasteiger charge is -2.07. The highest BCUT2D eigenvalue weighted by molar-refractivity contribution is 5.42. The molecule has 5 nitrogen and oxygen atoms in total. The van der Waals surface area contributed by atoms with Crippen LogP contribution in [-0.2, 0) is 13.1 Å². The van der Waals surface area contributed by atoms with E-state index in [2.05, 4.69) is 5.32 Å². The minimum absolute atomic E-state index is 0.0192. The SMILES string of the molecule is O=[N+]([O-])c1ccc(O)c(CNCc2ccccc2)c1. The number of rotatable bonds is 5. The second-order valence-corrected chi connectivity index (χ2v) is 4.16. The van der Waals surface area contributed by atoms with Gasteiger partial charge in [-0.15, -0.1) is 0 Å². The van der Waals surface area contributed by atoms with Gasteiger partial charge in [-0.2, -0.15) is 0 Å². The number of non-ortho nitro benzene ring substituents is 1. The van der Waals surface area contributed by atoms with E-state index >= 15 is 0 Å². The summed E-state index contributed by atoms with van der Waals surface area (Å²) in [5.74, 6) is 0.0613. The molecule has 0 saturated heterocycles. The van der Waals surface area contributed by atoms with Gasteiger partial charge in [-0.1, -0.05) is 30.3 Å². The molecule has 0 amide bonds. The van der Waals surface area contributed by atoms with Crippen molar-refractivity contribution in [2.24, 2.45) is 0 Å². The Balaban J connectivity index is 1.99. The number of aromatic hydroxyl groups is 1. The van der Waals surface area contributed by atoms with Gasteiger partial charge < -0.3 is 10.4 Å². The number of benzene rings is 2. The zero-order valence-electron chi connectivity index (χ0n) is 10.2. The van der Waals surface area contributed by atoms with Crippen LogP contribution in [0.3, 0.4) is 0 Å². The van der Waals surface area contributed by atoms with Crippen LogP contribution < -0.4 is 5.32 Å². The maximum absolute atomic E-state index is 10.7. The Bertz CT molecular complexity index is 570. The molecule has 0 aliphatic heterocycles. The molecule has 0 aliphatic rings. The van der Waals surface area contributed by atoms with E-state index < -0.39 is 4.92 Å². The molecule has 19 heavy (non-hydrogen) atoms. The van der Waals surface area contributed by atoms with Crippen molar-refractivity contribution in [3.05, 3.63) is 69.8 Å². The monoisotopic (exact) mass is 258 g/mol. The van der Waals surface area contributed by atoms with Crippen LogP contribution in [0.25, 0.3) is 0 Å². The van der Waals surface area contributed by atoms with Crippen LogP contribution in [0.4, 0.5) is 5.69 Å². The lowest BCUT2D eigenvalue weighted by molar-refractivity contribution is -0.384. The molecule has 98 valence electrons. The Morgan fingerprint density at radius 2 is 1.84 bits per heavy atom. The molecule has 0 radical (unpaired) electrons. The van der Waals surface area contributed by atoms with Crippen LogP contribution in [0.5, 0.6) is 5.75 Å². The second kappa shape index (κ2) is 5.97. The smallest absolute Gasteiger partial charge is 0.270 e. The molecule has 0 heterocycles. The molecule has 0 atom stereocenters. The van der Waals surface area contributed by atoms with Crippen LogP contribution in [0.2, 0.25) is 0 Å². The van der Waals surface area contributed by atoms with Crippen LogP contribution in [0.1, 0.15) is 11.1 Å². The summed E-state index contributed by atoms with van der Waals surface area (Å²) in [4.78, 5) is 10.2. The molecule has 0 spiro atoms. The minimum atomic E-state index is -0.472. The fourth-order valence-corrected chi connectivity index (χ4v) is 1.76. The molecule has 0 bridgehead atoms. The molecule has 0 saturated carbocycles. The summed E-state index contributed by atoms with van der Waals surface area (Å²) in [5.41, 5.74) is 1.62. The Labute approximate surface area is 110 Å². The van der Waals surface area contributed by atoms with E-state index in [1.54, 1.807) is 0 Å². The van der Waals surface area contributed by atoms with E-state index in [-0.39, 0.29) is 11.4 Å². The first-order chi connectivity index (χ1) is 9.16. The Morgan fingerprint density at radius 3 is 2.53 bits per heavy atom. The minimum Gasteiger partial charge on any atom is -0.508 e. The van der Waals surface area contributed by atoms with E-state index in [0.29, 0.717) is 18.7 Å². The number of hydrogen-bond acceptors (Lipinski definition) is 4. The number of phenols is 1. The summed E-state index contributed by atoms with van der Waals surface area (Å²) >= 11 is 0. The van der Waals surface area contributed by atoms with Crippen LogP contribution in [-0.4, -0.2) is 10.0 Å². The van der Waals surface area contributed by atoms with E-state index in [4.69, 9.17) is 0 Å². The summed E-state index contributed by atoms with van der Waals surface area (Å²) in [6, 6.07) is 13.8. The van der Waals surface area contributed by atoms with Gasteiger partial charge in [0.1, 0.15) is 5.75 Å². The Kier molecular flexibility index (Phi) is 4.10. The standard InChI is InChI=1S/C14H14N2O3/c17-14-7-6-13(16(18)19)8-12(14)10-15-9-11-4-2-1-3-5-11/h1-8,15,17H,9-10H2. The average molecular weight is 258 g/mol. The normalized spacial score (nSPS) is 10.3. The van der Waals surface area contributed by atoms with Crippen molar-refractivity contribution in [3.8, 4) is 5.75 Å². The summed E-state index contributed by atoms with van der Waals surface area (Å²) in [6.07, 6.45) is 0. The molecular weight excluding hydrogens is 244 g/mol. The van der Waals surface area contributed by atoms with Crippen LogP contribution in [0, 0.1) is 10.1 Å². The fraction of sp³-hybridized carbons (Fsp3) is 0.143. The molecule has 2 aromatic rings. The molecular formula is C14H14N2O3. The highest BCUT2D eigenvalue weighted by atomic mass is 16.6. The van der Waals surface area contributed by atoms with Gasteiger partial charge in [-0.05, 0) is 11.6 Å². The molecule has 0 aromatic heterocycles. The molecule has 2 rings (SSSR count). The van der Waals surface area contributed by atoms with Gasteiger partial charge in [0.15, 0.2) is 0 Å². The Hall–Kier alpha value is -2.40. The topological polar surface area (TPSA) is 75.4 Å². The quantitative estimate of drug-likeness (QED) is 0.638. The van der Waals surface area contributed by atoms with Crippen molar-refractivity contribution in [1.29, 1.82) is 0 Å². The maximum atomic E-state index is 10.7. The third-order valence-electron chi connectivity index (χ3n) is 2.76. The fourth-order valence-electron chi connectivity index (χ4n) is 1.76. The number of nitro benzene ring substituents is 1. The number of hydrogen-bond donors (Lipinski definition) is 2. The second-order valence-electron chi connectivity index (χ2n) is 4.16. The van der Waals surface area contributed by atoms with Crippen molar-refractivity contribution in [3.63, 3.8) is 0 Å². The molecule has 0 fully saturated rings.